The van der Waals surface area contributed by atoms with Gasteiger partial charge in [-0.15, -0.1) is 11.3 Å². The average Bonchev–Trinajstić information content (AvgIpc) is 2.79. The first-order chi connectivity index (χ1) is 10.1. The second-order valence-electron chi connectivity index (χ2n) is 4.38. The highest BCUT2D eigenvalue weighted by Gasteiger charge is 2.09. The minimum Gasteiger partial charge on any atom is -0.481 e. The monoisotopic (exact) mass is 306 g/mol. The molecule has 0 saturated carbocycles. The number of carbonyl (C=O) groups is 2. The lowest BCUT2D eigenvalue weighted by Gasteiger charge is -1.98. The van der Waals surface area contributed by atoms with Gasteiger partial charge in [0.25, 0.3) is 0 Å². The van der Waals surface area contributed by atoms with Crippen LogP contribution in [0.1, 0.15) is 17.7 Å². The summed E-state index contributed by atoms with van der Waals surface area (Å²) in [7, 11) is 0. The van der Waals surface area contributed by atoms with E-state index in [0.29, 0.717) is 11.2 Å². The number of carboxylic acid groups (broad SMARTS) is 1. The Morgan fingerprint density at radius 1 is 1.24 bits per heavy atom. The summed E-state index contributed by atoms with van der Waals surface area (Å²) in [6.07, 6.45) is 0.485. The van der Waals surface area contributed by atoms with Crippen LogP contribution in [0.15, 0.2) is 40.7 Å². The third-order valence-electron chi connectivity index (χ3n) is 2.78. The van der Waals surface area contributed by atoms with Crippen molar-refractivity contribution in [3.63, 3.8) is 0 Å². The fraction of sp³-hybridized carbons (Fsp3) is 0.214. The molecule has 21 heavy (non-hydrogen) atoms. The van der Waals surface area contributed by atoms with Gasteiger partial charge in [0.05, 0.1) is 12.1 Å². The molecule has 0 saturated heterocycles. The maximum Gasteiger partial charge on any atom is 0.309 e. The van der Waals surface area contributed by atoms with E-state index in [4.69, 9.17) is 5.11 Å². The molecule has 0 radical (unpaired) electrons. The summed E-state index contributed by atoms with van der Waals surface area (Å²) < 4.78 is 0.652. The van der Waals surface area contributed by atoms with Crippen LogP contribution in [0.5, 0.6) is 0 Å². The molecule has 7 heteroatoms. The maximum atomic E-state index is 11.8. The van der Waals surface area contributed by atoms with Gasteiger partial charge >= 0.3 is 5.97 Å². The van der Waals surface area contributed by atoms with Gasteiger partial charge in [0.15, 0.2) is 0 Å². The molecule has 0 aliphatic heterocycles. The largest absolute Gasteiger partial charge is 0.481 e. The lowest BCUT2D eigenvalue weighted by molar-refractivity contribution is -0.136. The number of amides is 1. The number of rotatable bonds is 5. The van der Waals surface area contributed by atoms with Gasteiger partial charge in [-0.05, 0) is 12.0 Å². The lowest BCUT2D eigenvalue weighted by Crippen LogP contribution is -2.18. The molecule has 1 aromatic carbocycles. The summed E-state index contributed by atoms with van der Waals surface area (Å²) in [6.45, 7) is 0. The Morgan fingerprint density at radius 2 is 1.95 bits per heavy atom. The molecule has 0 spiro atoms. The lowest BCUT2D eigenvalue weighted by atomic mass is 10.1. The van der Waals surface area contributed by atoms with Crippen LogP contribution in [-0.4, -0.2) is 26.9 Å². The molecule has 0 aliphatic rings. The number of hydrogen-bond donors (Lipinski definition) is 2. The van der Waals surface area contributed by atoms with Gasteiger partial charge in [0, 0.05) is 11.8 Å². The van der Waals surface area contributed by atoms with Crippen LogP contribution in [0, 0.1) is 0 Å². The number of carboxylic acids is 1. The summed E-state index contributed by atoms with van der Waals surface area (Å²) in [4.78, 5) is 26.3. The number of thiazole rings is 1. The van der Waals surface area contributed by atoms with E-state index in [1.165, 1.54) is 5.38 Å². The molecule has 110 valence electrons. The first kappa shape index (κ1) is 15.0. The second-order valence-corrected chi connectivity index (χ2v) is 5.22. The molecule has 6 nitrogen and oxygen atoms in total. The number of carbonyl (C=O) groups excluding carboxylic acids is 1. The standard InChI is InChI=1S/C14H14N2O4S/c17-12(7-6-10-4-2-1-3-5-10)15-14-16(20)11(9-21-14)8-13(18)19/h1-5,9,20H,6-8H2,(H,18,19). The van der Waals surface area contributed by atoms with Crippen LogP contribution >= 0.6 is 11.3 Å². The Morgan fingerprint density at radius 3 is 2.62 bits per heavy atom. The number of aromatic nitrogens is 1. The third-order valence-corrected chi connectivity index (χ3v) is 3.64. The van der Waals surface area contributed by atoms with Gasteiger partial charge in [-0.3, -0.25) is 9.59 Å². The topological polar surface area (TPSA) is 91.9 Å². The van der Waals surface area contributed by atoms with Gasteiger partial charge < -0.3 is 10.3 Å². The molecule has 0 fully saturated rings. The molecule has 2 N–H and O–H groups in total. The summed E-state index contributed by atoms with van der Waals surface area (Å²) in [6, 6.07) is 9.55. The first-order valence-electron chi connectivity index (χ1n) is 6.28. The fourth-order valence-electron chi connectivity index (χ4n) is 1.75. The molecule has 0 bridgehead atoms. The van der Waals surface area contributed by atoms with Crippen LogP contribution in [-0.2, 0) is 22.4 Å². The Hall–Kier alpha value is -2.41. The molecule has 0 unspecified atom stereocenters. The molecule has 2 aromatic rings. The summed E-state index contributed by atoms with van der Waals surface area (Å²) in [5, 5.41) is 19.9. The number of aliphatic carboxylic acids is 1. The Balaban J connectivity index is 2.04. The summed E-state index contributed by atoms with van der Waals surface area (Å²) >= 11 is 1.03. The Labute approximate surface area is 124 Å². The molecule has 2 rings (SSSR count). The van der Waals surface area contributed by atoms with E-state index in [1.807, 2.05) is 30.3 Å². The number of benzene rings is 1. The average molecular weight is 306 g/mol. The number of nitrogens with zero attached hydrogens (tertiary/aromatic N) is 2. The quantitative estimate of drug-likeness (QED) is 0.818. The highest BCUT2D eigenvalue weighted by Crippen LogP contribution is 2.04. The van der Waals surface area contributed by atoms with E-state index in [1.54, 1.807) is 0 Å². The minimum absolute atomic E-state index is 0.0873. The van der Waals surface area contributed by atoms with Crippen LogP contribution in [0.4, 0.5) is 0 Å². The fourth-order valence-corrected chi connectivity index (χ4v) is 2.54. The predicted molar refractivity (Wildman–Crippen MR) is 76.2 cm³/mol. The molecular formula is C14H14N2O4S. The highest BCUT2D eigenvalue weighted by molar-refractivity contribution is 7.07. The SMILES string of the molecule is O=C(O)Cc1csc(=NC(=O)CCc2ccccc2)n1O. The molecule has 1 heterocycles. The third kappa shape index (κ3) is 4.28. The minimum atomic E-state index is -1.06. The van der Waals surface area contributed by atoms with Gasteiger partial charge in [0.1, 0.15) is 0 Å². The zero-order valence-corrected chi connectivity index (χ0v) is 11.9. The van der Waals surface area contributed by atoms with Crippen LogP contribution < -0.4 is 4.80 Å². The van der Waals surface area contributed by atoms with Crippen molar-refractivity contribution in [1.82, 2.24) is 4.73 Å². The maximum absolute atomic E-state index is 11.8. The van der Waals surface area contributed by atoms with Crippen LogP contribution in [0.25, 0.3) is 0 Å². The summed E-state index contributed by atoms with van der Waals surface area (Å²) in [5.74, 6) is -1.41. The predicted octanol–water partition coefficient (Wildman–Crippen LogP) is 1.47. The molecule has 0 aliphatic carbocycles. The zero-order chi connectivity index (χ0) is 15.2. The second kappa shape index (κ2) is 6.85. The van der Waals surface area contributed by atoms with Crippen molar-refractivity contribution in [3.8, 4) is 0 Å². The zero-order valence-electron chi connectivity index (χ0n) is 11.1. The van der Waals surface area contributed by atoms with E-state index in [0.717, 1.165) is 16.9 Å². The molecular weight excluding hydrogens is 292 g/mol. The van der Waals surface area contributed by atoms with Crippen molar-refractivity contribution in [2.24, 2.45) is 4.99 Å². The summed E-state index contributed by atoms with van der Waals surface area (Å²) in [5.41, 5.74) is 1.23. The molecule has 1 aromatic heterocycles. The van der Waals surface area contributed by atoms with Gasteiger partial charge in [-0.25, -0.2) is 0 Å². The van der Waals surface area contributed by atoms with E-state index in [2.05, 4.69) is 4.99 Å². The van der Waals surface area contributed by atoms with E-state index in [9.17, 15) is 14.8 Å². The van der Waals surface area contributed by atoms with Crippen molar-refractivity contribution in [3.05, 3.63) is 51.8 Å². The Bertz CT molecular complexity index is 703. The van der Waals surface area contributed by atoms with Crippen molar-refractivity contribution in [2.75, 3.05) is 0 Å². The van der Waals surface area contributed by atoms with E-state index in [-0.39, 0.29) is 29.2 Å². The Kier molecular flexibility index (Phi) is 4.89. The molecule has 1 amide bonds. The normalized spacial score (nSPS) is 11.5. The smallest absolute Gasteiger partial charge is 0.309 e. The molecule has 0 atom stereocenters. The van der Waals surface area contributed by atoms with Crippen molar-refractivity contribution >= 4 is 23.2 Å². The number of aryl methyl sites for hydroxylation is 1. The van der Waals surface area contributed by atoms with E-state index < -0.39 is 5.97 Å². The van der Waals surface area contributed by atoms with Gasteiger partial charge in [-0.1, -0.05) is 30.3 Å². The highest BCUT2D eigenvalue weighted by atomic mass is 32.1. The van der Waals surface area contributed by atoms with Gasteiger partial charge in [-0.2, -0.15) is 9.72 Å². The van der Waals surface area contributed by atoms with Crippen LogP contribution in [0.3, 0.4) is 0 Å². The van der Waals surface area contributed by atoms with Crippen molar-refractivity contribution in [2.45, 2.75) is 19.3 Å². The van der Waals surface area contributed by atoms with E-state index >= 15 is 0 Å². The van der Waals surface area contributed by atoms with Gasteiger partial charge in [0.2, 0.25) is 10.7 Å². The van der Waals surface area contributed by atoms with Crippen LogP contribution in [0.2, 0.25) is 0 Å². The first-order valence-corrected chi connectivity index (χ1v) is 7.16. The van der Waals surface area contributed by atoms with Crippen molar-refractivity contribution in [1.29, 1.82) is 0 Å². The number of hydrogen-bond acceptors (Lipinski definition) is 4. The van der Waals surface area contributed by atoms with Crippen molar-refractivity contribution < 1.29 is 19.9 Å².